The van der Waals surface area contributed by atoms with Crippen LogP contribution in [-0.4, -0.2) is 6.61 Å². The minimum absolute atomic E-state index is 0.619. The summed E-state index contributed by atoms with van der Waals surface area (Å²) in [5.74, 6) is 0.992. The lowest BCUT2D eigenvalue weighted by atomic mass is 10.0. The SMILES string of the molecule is CC1=CC=C(/C2=C/C=C\Cc3ccccc3OC2)CC=C1. The number of para-hydroxylation sites is 1. The molecule has 0 fully saturated rings. The monoisotopic (exact) mass is 276 g/mol. The third kappa shape index (κ3) is 3.43. The van der Waals surface area contributed by atoms with E-state index in [0.717, 1.165) is 18.6 Å². The van der Waals surface area contributed by atoms with E-state index in [-0.39, 0.29) is 0 Å². The van der Waals surface area contributed by atoms with Crippen molar-refractivity contribution in [1.29, 1.82) is 0 Å². The Morgan fingerprint density at radius 1 is 0.905 bits per heavy atom. The normalized spacial score (nSPS) is 22.0. The van der Waals surface area contributed by atoms with E-state index < -0.39 is 0 Å². The van der Waals surface area contributed by atoms with Gasteiger partial charge in [-0.25, -0.2) is 0 Å². The second kappa shape index (κ2) is 6.45. The fourth-order valence-electron chi connectivity index (χ4n) is 2.56. The molecule has 106 valence electrons. The topological polar surface area (TPSA) is 9.23 Å². The van der Waals surface area contributed by atoms with Crippen LogP contribution in [0.25, 0.3) is 0 Å². The van der Waals surface area contributed by atoms with Gasteiger partial charge in [0, 0.05) is 0 Å². The first-order valence-electron chi connectivity index (χ1n) is 7.44. The van der Waals surface area contributed by atoms with Crippen molar-refractivity contribution >= 4 is 0 Å². The van der Waals surface area contributed by atoms with Gasteiger partial charge >= 0.3 is 0 Å². The Kier molecular flexibility index (Phi) is 4.20. The molecule has 1 aromatic rings. The predicted molar refractivity (Wildman–Crippen MR) is 88.5 cm³/mol. The van der Waals surface area contributed by atoms with Gasteiger partial charge in [-0.15, -0.1) is 0 Å². The van der Waals surface area contributed by atoms with E-state index in [0.29, 0.717) is 6.61 Å². The summed E-state index contributed by atoms with van der Waals surface area (Å²) in [6, 6.07) is 8.28. The van der Waals surface area contributed by atoms with Crippen LogP contribution in [0.5, 0.6) is 5.75 Å². The van der Waals surface area contributed by atoms with Gasteiger partial charge in [0.1, 0.15) is 12.4 Å². The second-order valence-corrected chi connectivity index (χ2v) is 5.43. The summed E-state index contributed by atoms with van der Waals surface area (Å²) in [4.78, 5) is 0. The summed E-state index contributed by atoms with van der Waals surface area (Å²) in [6.07, 6.45) is 17.2. The van der Waals surface area contributed by atoms with Crippen LogP contribution in [0.3, 0.4) is 0 Å². The van der Waals surface area contributed by atoms with Gasteiger partial charge in [0.05, 0.1) is 0 Å². The molecule has 0 amide bonds. The Labute approximate surface area is 126 Å². The van der Waals surface area contributed by atoms with Gasteiger partial charge in [0.2, 0.25) is 0 Å². The highest BCUT2D eigenvalue weighted by molar-refractivity contribution is 5.44. The average molecular weight is 276 g/mol. The molecule has 0 radical (unpaired) electrons. The summed E-state index contributed by atoms with van der Waals surface area (Å²) in [6.45, 7) is 2.74. The van der Waals surface area contributed by atoms with Gasteiger partial charge in [0.25, 0.3) is 0 Å². The third-order valence-corrected chi connectivity index (χ3v) is 3.81. The molecule has 1 aromatic carbocycles. The number of ether oxygens (including phenoxy) is 1. The van der Waals surface area contributed by atoms with Gasteiger partial charge in [0.15, 0.2) is 0 Å². The Hall–Kier alpha value is -2.28. The molecule has 0 saturated carbocycles. The minimum Gasteiger partial charge on any atom is -0.489 e. The standard InChI is InChI=1S/C20H20O/c1-16-7-6-11-17(14-13-16)19-10-3-2-8-18-9-4-5-12-20(18)21-15-19/h2-7,9-10,12-14H,8,11,15H2,1H3/b3-2-,19-10+. The smallest absolute Gasteiger partial charge is 0.123 e. The van der Waals surface area contributed by atoms with E-state index in [4.69, 9.17) is 4.74 Å². The molecule has 21 heavy (non-hydrogen) atoms. The number of fused-ring (bicyclic) bond motifs is 1. The number of benzene rings is 1. The molecule has 0 N–H and O–H groups in total. The van der Waals surface area contributed by atoms with Gasteiger partial charge in [-0.2, -0.15) is 0 Å². The van der Waals surface area contributed by atoms with Crippen molar-refractivity contribution in [3.8, 4) is 5.75 Å². The summed E-state index contributed by atoms with van der Waals surface area (Å²) in [5.41, 5.74) is 5.11. The zero-order chi connectivity index (χ0) is 14.5. The van der Waals surface area contributed by atoms with E-state index in [1.165, 1.54) is 22.3 Å². The van der Waals surface area contributed by atoms with Crippen LogP contribution >= 0.6 is 0 Å². The lowest BCUT2D eigenvalue weighted by Gasteiger charge is -2.13. The fourth-order valence-corrected chi connectivity index (χ4v) is 2.56. The Morgan fingerprint density at radius 3 is 2.76 bits per heavy atom. The second-order valence-electron chi connectivity index (χ2n) is 5.43. The average Bonchev–Trinajstić information content (AvgIpc) is 2.65. The Morgan fingerprint density at radius 2 is 1.81 bits per heavy atom. The molecule has 0 unspecified atom stereocenters. The molecule has 3 rings (SSSR count). The van der Waals surface area contributed by atoms with Crippen molar-refractivity contribution in [2.45, 2.75) is 19.8 Å². The third-order valence-electron chi connectivity index (χ3n) is 3.81. The van der Waals surface area contributed by atoms with E-state index in [1.807, 2.05) is 6.07 Å². The largest absolute Gasteiger partial charge is 0.489 e. The zero-order valence-corrected chi connectivity index (χ0v) is 12.4. The van der Waals surface area contributed by atoms with Crippen molar-refractivity contribution < 1.29 is 4.74 Å². The predicted octanol–water partition coefficient (Wildman–Crippen LogP) is 4.94. The summed E-state index contributed by atoms with van der Waals surface area (Å²) in [5, 5.41) is 0. The quantitative estimate of drug-likeness (QED) is 0.706. The van der Waals surface area contributed by atoms with Gasteiger partial charge < -0.3 is 4.74 Å². The van der Waals surface area contributed by atoms with Crippen LogP contribution in [0.1, 0.15) is 18.9 Å². The molecule has 0 aromatic heterocycles. The van der Waals surface area contributed by atoms with Crippen molar-refractivity contribution in [2.75, 3.05) is 6.61 Å². The molecule has 2 aliphatic rings. The maximum absolute atomic E-state index is 6.05. The van der Waals surface area contributed by atoms with Gasteiger partial charge in [-0.1, -0.05) is 66.3 Å². The number of hydrogen-bond donors (Lipinski definition) is 0. The molecule has 0 atom stereocenters. The molecular formula is C20H20O. The van der Waals surface area contributed by atoms with Gasteiger partial charge in [-0.05, 0) is 42.5 Å². The highest BCUT2D eigenvalue weighted by atomic mass is 16.5. The summed E-state index contributed by atoms with van der Waals surface area (Å²) < 4.78 is 6.05. The number of hydrogen-bond acceptors (Lipinski definition) is 1. The molecular weight excluding hydrogens is 256 g/mol. The van der Waals surface area contributed by atoms with Crippen LogP contribution in [0.4, 0.5) is 0 Å². The number of allylic oxidation sites excluding steroid dienone is 8. The number of rotatable bonds is 1. The van der Waals surface area contributed by atoms with E-state index in [1.54, 1.807) is 0 Å². The maximum Gasteiger partial charge on any atom is 0.123 e. The first kappa shape index (κ1) is 13.7. The zero-order valence-electron chi connectivity index (χ0n) is 12.4. The lowest BCUT2D eigenvalue weighted by Crippen LogP contribution is -2.04. The Bertz CT molecular complexity index is 669. The molecule has 1 aliphatic carbocycles. The minimum atomic E-state index is 0.619. The highest BCUT2D eigenvalue weighted by Crippen LogP contribution is 2.24. The summed E-state index contributed by atoms with van der Waals surface area (Å²) in [7, 11) is 0. The molecule has 1 heteroatoms. The Balaban J connectivity index is 1.86. The van der Waals surface area contributed by atoms with Crippen LogP contribution in [-0.2, 0) is 6.42 Å². The molecule has 0 bridgehead atoms. The maximum atomic E-state index is 6.05. The van der Waals surface area contributed by atoms with E-state index in [9.17, 15) is 0 Å². The molecule has 0 spiro atoms. The van der Waals surface area contributed by atoms with Crippen molar-refractivity contribution in [2.24, 2.45) is 0 Å². The fraction of sp³-hybridized carbons (Fsp3) is 0.200. The summed E-state index contributed by atoms with van der Waals surface area (Å²) >= 11 is 0. The van der Waals surface area contributed by atoms with Crippen molar-refractivity contribution in [3.05, 3.63) is 89.1 Å². The van der Waals surface area contributed by atoms with Crippen molar-refractivity contribution in [3.63, 3.8) is 0 Å². The first-order chi connectivity index (χ1) is 10.3. The molecule has 1 heterocycles. The van der Waals surface area contributed by atoms with Crippen LogP contribution in [0.2, 0.25) is 0 Å². The highest BCUT2D eigenvalue weighted by Gasteiger charge is 2.09. The van der Waals surface area contributed by atoms with Crippen LogP contribution in [0, 0.1) is 0 Å². The first-order valence-corrected chi connectivity index (χ1v) is 7.44. The molecule has 1 aliphatic heterocycles. The molecule has 0 saturated heterocycles. The molecule has 1 nitrogen and oxygen atoms in total. The van der Waals surface area contributed by atoms with Crippen molar-refractivity contribution in [1.82, 2.24) is 0 Å². The lowest BCUT2D eigenvalue weighted by molar-refractivity contribution is 0.351. The van der Waals surface area contributed by atoms with Crippen LogP contribution < -0.4 is 4.74 Å². The van der Waals surface area contributed by atoms with E-state index >= 15 is 0 Å². The van der Waals surface area contributed by atoms with Crippen LogP contribution in [0.15, 0.2) is 83.5 Å². The van der Waals surface area contributed by atoms with Gasteiger partial charge in [-0.3, -0.25) is 0 Å². The van der Waals surface area contributed by atoms with E-state index in [2.05, 4.69) is 67.7 Å².